The van der Waals surface area contributed by atoms with Gasteiger partial charge in [0.2, 0.25) is 0 Å². The summed E-state index contributed by atoms with van der Waals surface area (Å²) in [4.78, 5) is 0. The molecule has 2 aromatic rings. The minimum Gasteiger partial charge on any atom is -0.324 e. The molecule has 0 aromatic heterocycles. The van der Waals surface area contributed by atoms with Crippen molar-refractivity contribution in [3.63, 3.8) is 0 Å². The molecule has 0 spiro atoms. The van der Waals surface area contributed by atoms with Gasteiger partial charge in [0.1, 0.15) is 0 Å². The Labute approximate surface area is 130 Å². The Balaban J connectivity index is 2.13. The van der Waals surface area contributed by atoms with Gasteiger partial charge in [0, 0.05) is 9.61 Å². The van der Waals surface area contributed by atoms with Crippen LogP contribution in [-0.4, -0.2) is 0 Å². The van der Waals surface area contributed by atoms with E-state index in [1.54, 1.807) is 6.07 Å². The van der Waals surface area contributed by atoms with Crippen LogP contribution in [0.2, 0.25) is 10.0 Å². The van der Waals surface area contributed by atoms with Crippen LogP contribution >= 0.6 is 45.8 Å². The van der Waals surface area contributed by atoms with E-state index in [1.807, 2.05) is 12.1 Å². The monoisotopic (exact) mass is 391 g/mol. The van der Waals surface area contributed by atoms with Crippen LogP contribution in [0.4, 0.5) is 0 Å². The molecule has 2 aromatic carbocycles. The summed E-state index contributed by atoms with van der Waals surface area (Å²) in [6, 6.07) is 13.8. The van der Waals surface area contributed by atoms with E-state index < -0.39 is 0 Å². The number of rotatable bonds is 3. The number of hydrogen-bond donors (Lipinski definition) is 1. The fourth-order valence-electron chi connectivity index (χ4n) is 1.74. The first-order valence-corrected chi connectivity index (χ1v) is 7.34. The van der Waals surface area contributed by atoms with Crippen molar-refractivity contribution >= 4 is 45.8 Å². The number of benzene rings is 2. The van der Waals surface area contributed by atoms with E-state index in [1.165, 1.54) is 9.13 Å². The molecule has 0 fully saturated rings. The molecule has 0 bridgehead atoms. The maximum Gasteiger partial charge on any atom is 0.0595 e. The summed E-state index contributed by atoms with van der Waals surface area (Å²) < 4.78 is 1.22. The molecule has 0 heterocycles. The molecule has 0 amide bonds. The molecule has 1 atom stereocenters. The van der Waals surface area contributed by atoms with E-state index in [9.17, 15) is 0 Å². The van der Waals surface area contributed by atoms with Crippen molar-refractivity contribution in [1.29, 1.82) is 0 Å². The van der Waals surface area contributed by atoms with Gasteiger partial charge in [0.05, 0.1) is 10.0 Å². The molecule has 0 aliphatic heterocycles. The lowest BCUT2D eigenvalue weighted by Crippen LogP contribution is -2.13. The quantitative estimate of drug-likeness (QED) is 0.744. The maximum atomic E-state index is 6.18. The van der Waals surface area contributed by atoms with Gasteiger partial charge in [-0.1, -0.05) is 41.4 Å². The normalized spacial score (nSPS) is 12.4. The van der Waals surface area contributed by atoms with E-state index in [0.29, 0.717) is 10.0 Å². The lowest BCUT2D eigenvalue weighted by molar-refractivity contribution is 0.722. The first-order valence-electron chi connectivity index (χ1n) is 5.51. The predicted molar refractivity (Wildman–Crippen MR) is 86.3 cm³/mol. The summed E-state index contributed by atoms with van der Waals surface area (Å²) >= 11 is 14.2. The maximum absolute atomic E-state index is 6.18. The van der Waals surface area contributed by atoms with Crippen molar-refractivity contribution in [3.05, 3.63) is 67.2 Å². The highest BCUT2D eigenvalue weighted by Gasteiger charge is 2.09. The zero-order chi connectivity index (χ0) is 13.1. The van der Waals surface area contributed by atoms with Gasteiger partial charge in [-0.15, -0.1) is 0 Å². The molecular weight excluding hydrogens is 380 g/mol. The molecule has 0 aliphatic rings. The zero-order valence-electron chi connectivity index (χ0n) is 9.54. The van der Waals surface area contributed by atoms with Crippen LogP contribution in [0.3, 0.4) is 0 Å². The molecule has 18 heavy (non-hydrogen) atoms. The van der Waals surface area contributed by atoms with Gasteiger partial charge in [-0.05, 0) is 64.4 Å². The molecule has 0 aliphatic carbocycles. The fourth-order valence-corrected chi connectivity index (χ4v) is 2.40. The number of halogens is 3. The van der Waals surface area contributed by atoms with Crippen LogP contribution in [0.15, 0.2) is 42.5 Å². The van der Waals surface area contributed by atoms with E-state index in [2.05, 4.69) is 46.9 Å². The van der Waals surface area contributed by atoms with Crippen molar-refractivity contribution in [2.75, 3.05) is 0 Å². The third-order valence-electron chi connectivity index (χ3n) is 2.74. The smallest absolute Gasteiger partial charge is 0.0595 e. The molecule has 1 unspecified atom stereocenters. The van der Waals surface area contributed by atoms with Crippen molar-refractivity contribution in [3.8, 4) is 0 Å². The molecule has 2 rings (SSSR count). The number of nitrogens with two attached hydrogens (primary N) is 1. The second-order valence-electron chi connectivity index (χ2n) is 4.11. The van der Waals surface area contributed by atoms with Gasteiger partial charge in [0.15, 0.2) is 0 Å². The van der Waals surface area contributed by atoms with Crippen molar-refractivity contribution < 1.29 is 0 Å². The van der Waals surface area contributed by atoms with Gasteiger partial charge in [-0.25, -0.2) is 0 Å². The van der Waals surface area contributed by atoms with Crippen LogP contribution in [0.5, 0.6) is 0 Å². The van der Waals surface area contributed by atoms with Crippen LogP contribution < -0.4 is 5.73 Å². The van der Waals surface area contributed by atoms with Gasteiger partial charge in [-0.2, -0.15) is 0 Å². The molecule has 94 valence electrons. The summed E-state index contributed by atoms with van der Waals surface area (Å²) in [5.74, 6) is 0. The van der Waals surface area contributed by atoms with Crippen molar-refractivity contribution in [2.24, 2.45) is 5.73 Å². The van der Waals surface area contributed by atoms with Crippen molar-refractivity contribution in [2.45, 2.75) is 12.5 Å². The Bertz CT molecular complexity index is 540. The highest BCUT2D eigenvalue weighted by molar-refractivity contribution is 14.1. The van der Waals surface area contributed by atoms with Crippen LogP contribution in [0.25, 0.3) is 0 Å². The third-order valence-corrected chi connectivity index (χ3v) is 4.20. The molecule has 0 saturated carbocycles. The minimum atomic E-state index is -0.0696. The molecule has 0 saturated heterocycles. The van der Waals surface area contributed by atoms with E-state index in [0.717, 1.165) is 12.0 Å². The molecule has 1 nitrogen and oxygen atoms in total. The Hall–Kier alpha value is -0.290. The first kappa shape index (κ1) is 14.1. The third kappa shape index (κ3) is 3.60. The molecule has 2 N–H and O–H groups in total. The van der Waals surface area contributed by atoms with Crippen LogP contribution in [0.1, 0.15) is 17.2 Å². The lowest BCUT2D eigenvalue weighted by atomic mass is 10.00. The van der Waals surface area contributed by atoms with Gasteiger partial charge in [-0.3, -0.25) is 0 Å². The number of hydrogen-bond acceptors (Lipinski definition) is 1. The van der Waals surface area contributed by atoms with E-state index >= 15 is 0 Å². The van der Waals surface area contributed by atoms with Crippen LogP contribution in [-0.2, 0) is 6.42 Å². The standard InChI is InChI=1S/C14H12Cl2IN/c15-12-6-3-10(8-13(12)16)14(18)7-9-1-4-11(17)5-2-9/h1-6,8,14H,7,18H2. The van der Waals surface area contributed by atoms with Crippen LogP contribution in [0, 0.1) is 3.57 Å². The summed E-state index contributed by atoms with van der Waals surface area (Å²) in [5, 5.41) is 1.11. The minimum absolute atomic E-state index is 0.0696. The highest BCUT2D eigenvalue weighted by Crippen LogP contribution is 2.26. The summed E-state index contributed by atoms with van der Waals surface area (Å²) in [6.07, 6.45) is 0.787. The topological polar surface area (TPSA) is 26.0 Å². The largest absolute Gasteiger partial charge is 0.324 e. The van der Waals surface area contributed by atoms with Crippen molar-refractivity contribution in [1.82, 2.24) is 0 Å². The Morgan fingerprint density at radius 1 is 1.00 bits per heavy atom. The summed E-state index contributed by atoms with van der Waals surface area (Å²) in [6.45, 7) is 0. The molecule has 0 radical (unpaired) electrons. The average Bonchev–Trinajstić information content (AvgIpc) is 2.35. The second-order valence-corrected chi connectivity index (χ2v) is 6.17. The summed E-state index contributed by atoms with van der Waals surface area (Å²) in [5.41, 5.74) is 8.40. The Morgan fingerprint density at radius 3 is 2.28 bits per heavy atom. The summed E-state index contributed by atoms with van der Waals surface area (Å²) in [7, 11) is 0. The van der Waals surface area contributed by atoms with E-state index in [-0.39, 0.29) is 6.04 Å². The Kier molecular flexibility index (Phi) is 4.90. The SMILES string of the molecule is NC(Cc1ccc(I)cc1)c1ccc(Cl)c(Cl)c1. The predicted octanol–water partition coefficient (Wildman–Crippen LogP) is 4.84. The Morgan fingerprint density at radius 2 is 1.67 bits per heavy atom. The molecule has 4 heteroatoms. The fraction of sp³-hybridized carbons (Fsp3) is 0.143. The highest BCUT2D eigenvalue weighted by atomic mass is 127. The van der Waals surface area contributed by atoms with Gasteiger partial charge < -0.3 is 5.73 Å². The molecular formula is C14H12Cl2IN. The van der Waals surface area contributed by atoms with E-state index in [4.69, 9.17) is 28.9 Å². The van der Waals surface area contributed by atoms with Gasteiger partial charge >= 0.3 is 0 Å². The lowest BCUT2D eigenvalue weighted by Gasteiger charge is -2.13. The first-order chi connectivity index (χ1) is 8.56. The second kappa shape index (κ2) is 6.24. The zero-order valence-corrected chi connectivity index (χ0v) is 13.2. The van der Waals surface area contributed by atoms with Gasteiger partial charge in [0.25, 0.3) is 0 Å². The average molecular weight is 392 g/mol.